The number of hydrogen-bond donors (Lipinski definition) is 1. The topological polar surface area (TPSA) is 55.4 Å². The monoisotopic (exact) mass is 373 g/mol. The van der Waals surface area contributed by atoms with E-state index in [2.05, 4.69) is 5.32 Å². The Morgan fingerprint density at radius 2 is 1.54 bits per heavy atom. The lowest BCUT2D eigenvalue weighted by molar-refractivity contribution is -0.122. The second kappa shape index (κ2) is 9.00. The predicted octanol–water partition coefficient (Wildman–Crippen LogP) is 5.35. The zero-order chi connectivity index (χ0) is 19.9. The molecule has 0 fully saturated rings. The van der Waals surface area contributed by atoms with Gasteiger partial charge in [-0.25, -0.2) is 0 Å². The van der Waals surface area contributed by atoms with E-state index in [1.165, 1.54) is 0 Å². The zero-order valence-electron chi connectivity index (χ0n) is 16.0. The number of amides is 1. The van der Waals surface area contributed by atoms with Crippen LogP contribution in [0.4, 0.5) is 5.69 Å². The normalized spacial score (nSPS) is 11.5. The Labute approximate surface area is 165 Å². The summed E-state index contributed by atoms with van der Waals surface area (Å²) < 4.78 is 5.74. The van der Waals surface area contributed by atoms with Crippen molar-refractivity contribution in [2.24, 2.45) is 0 Å². The van der Waals surface area contributed by atoms with Gasteiger partial charge in [0.2, 0.25) is 0 Å². The van der Waals surface area contributed by atoms with Crippen molar-refractivity contribution in [1.82, 2.24) is 0 Å². The highest BCUT2D eigenvalue weighted by Crippen LogP contribution is 2.27. The van der Waals surface area contributed by atoms with Crippen LogP contribution in [0.3, 0.4) is 0 Å². The first-order chi connectivity index (χ1) is 13.6. The van der Waals surface area contributed by atoms with Crippen LogP contribution in [0.15, 0.2) is 78.9 Å². The molecule has 0 unspecified atom stereocenters. The fraction of sp³-hybridized carbons (Fsp3) is 0.167. The van der Waals surface area contributed by atoms with Crippen LogP contribution in [-0.2, 0) is 4.79 Å². The van der Waals surface area contributed by atoms with Crippen molar-refractivity contribution in [2.75, 3.05) is 5.32 Å². The molecule has 4 heteroatoms. The molecule has 28 heavy (non-hydrogen) atoms. The highest BCUT2D eigenvalue weighted by Gasteiger charge is 2.17. The third kappa shape index (κ3) is 4.65. The molecule has 0 aromatic heterocycles. The highest BCUT2D eigenvalue weighted by atomic mass is 16.5. The van der Waals surface area contributed by atoms with Gasteiger partial charge in [0.05, 0.1) is 0 Å². The molecule has 0 radical (unpaired) electrons. The summed E-state index contributed by atoms with van der Waals surface area (Å²) in [6.45, 7) is 3.53. The van der Waals surface area contributed by atoms with Crippen LogP contribution in [-0.4, -0.2) is 17.8 Å². The van der Waals surface area contributed by atoms with Gasteiger partial charge in [0.25, 0.3) is 5.91 Å². The average molecular weight is 373 g/mol. The first-order valence-electron chi connectivity index (χ1n) is 9.33. The number of Topliss-reactive ketones (excluding diaryl/α,β-unsaturated/α-hetero) is 1. The van der Waals surface area contributed by atoms with Crippen molar-refractivity contribution < 1.29 is 14.3 Å². The molecule has 0 bridgehead atoms. The molecule has 0 heterocycles. The molecular weight excluding hydrogens is 350 g/mol. The molecule has 4 nitrogen and oxygen atoms in total. The van der Waals surface area contributed by atoms with E-state index in [0.717, 1.165) is 16.8 Å². The van der Waals surface area contributed by atoms with Crippen LogP contribution in [0.25, 0.3) is 11.1 Å². The summed E-state index contributed by atoms with van der Waals surface area (Å²) in [5.74, 6) is 0.388. The minimum Gasteiger partial charge on any atom is -0.481 e. The van der Waals surface area contributed by atoms with Crippen molar-refractivity contribution in [3.63, 3.8) is 0 Å². The van der Waals surface area contributed by atoms with E-state index in [1.807, 2.05) is 61.5 Å². The number of nitrogens with one attached hydrogen (secondary N) is 1. The molecular formula is C24H23NO3. The van der Waals surface area contributed by atoms with E-state index in [9.17, 15) is 9.59 Å². The lowest BCUT2D eigenvalue weighted by Crippen LogP contribution is -2.30. The third-order valence-corrected chi connectivity index (χ3v) is 4.45. The molecule has 0 saturated heterocycles. The van der Waals surface area contributed by atoms with Crippen molar-refractivity contribution in [1.29, 1.82) is 0 Å². The molecule has 0 spiro atoms. The van der Waals surface area contributed by atoms with Gasteiger partial charge in [-0.1, -0.05) is 55.5 Å². The molecule has 0 aliphatic rings. The fourth-order valence-electron chi connectivity index (χ4n) is 2.88. The van der Waals surface area contributed by atoms with E-state index >= 15 is 0 Å². The second-order valence-corrected chi connectivity index (χ2v) is 6.46. The smallest absolute Gasteiger partial charge is 0.265 e. The number of para-hydroxylation sites is 1. The van der Waals surface area contributed by atoms with E-state index in [1.54, 1.807) is 31.2 Å². The maximum absolute atomic E-state index is 12.6. The minimum absolute atomic E-state index is 0.0786. The van der Waals surface area contributed by atoms with E-state index in [0.29, 0.717) is 17.7 Å². The van der Waals surface area contributed by atoms with Gasteiger partial charge >= 0.3 is 0 Å². The average Bonchev–Trinajstić information content (AvgIpc) is 2.74. The molecule has 0 saturated carbocycles. The molecule has 3 aromatic rings. The fourth-order valence-corrected chi connectivity index (χ4v) is 2.88. The SMILES string of the molecule is CCC(=O)c1ccc(O[C@@H](C)C(=O)Nc2ccccc2-c2ccccc2)cc1. The van der Waals surface area contributed by atoms with Gasteiger partial charge < -0.3 is 10.1 Å². The molecule has 0 aliphatic carbocycles. The number of benzene rings is 3. The number of ether oxygens (including phenoxy) is 1. The molecule has 1 N–H and O–H groups in total. The Morgan fingerprint density at radius 1 is 0.893 bits per heavy atom. The van der Waals surface area contributed by atoms with Crippen LogP contribution in [0.1, 0.15) is 30.6 Å². The van der Waals surface area contributed by atoms with Gasteiger partial charge in [-0.05, 0) is 42.8 Å². The first kappa shape index (κ1) is 19.4. The third-order valence-electron chi connectivity index (χ3n) is 4.45. The Balaban J connectivity index is 1.69. The molecule has 0 aliphatic heterocycles. The lowest BCUT2D eigenvalue weighted by atomic mass is 10.0. The maximum Gasteiger partial charge on any atom is 0.265 e. The summed E-state index contributed by atoms with van der Waals surface area (Å²) in [4.78, 5) is 24.3. The molecule has 1 atom stereocenters. The van der Waals surface area contributed by atoms with Crippen LogP contribution in [0.5, 0.6) is 5.75 Å². The van der Waals surface area contributed by atoms with E-state index in [-0.39, 0.29) is 11.7 Å². The standard InChI is InChI=1S/C24H23NO3/c1-3-23(26)19-13-15-20(16-14-19)28-17(2)24(27)25-22-12-8-7-11-21(22)18-9-5-4-6-10-18/h4-17H,3H2,1-2H3,(H,25,27)/t17-/m0/s1. The van der Waals surface area contributed by atoms with E-state index < -0.39 is 6.10 Å². The van der Waals surface area contributed by atoms with Crippen LogP contribution in [0, 0.1) is 0 Å². The van der Waals surface area contributed by atoms with Crippen molar-refractivity contribution in [2.45, 2.75) is 26.4 Å². The largest absolute Gasteiger partial charge is 0.481 e. The van der Waals surface area contributed by atoms with Crippen molar-refractivity contribution in [3.8, 4) is 16.9 Å². The Morgan fingerprint density at radius 3 is 2.21 bits per heavy atom. The van der Waals surface area contributed by atoms with Gasteiger partial charge in [-0.3, -0.25) is 9.59 Å². The quantitative estimate of drug-likeness (QED) is 0.568. The maximum atomic E-state index is 12.6. The van der Waals surface area contributed by atoms with Gasteiger partial charge in [0.15, 0.2) is 11.9 Å². The van der Waals surface area contributed by atoms with Crippen molar-refractivity contribution >= 4 is 17.4 Å². The van der Waals surface area contributed by atoms with Crippen LogP contribution in [0.2, 0.25) is 0 Å². The predicted molar refractivity (Wildman–Crippen MR) is 112 cm³/mol. The number of carbonyl (C=O) groups excluding carboxylic acids is 2. The van der Waals surface area contributed by atoms with Crippen molar-refractivity contribution in [3.05, 3.63) is 84.4 Å². The number of ketones is 1. The number of anilines is 1. The summed E-state index contributed by atoms with van der Waals surface area (Å²) in [5.41, 5.74) is 3.36. The summed E-state index contributed by atoms with van der Waals surface area (Å²) in [7, 11) is 0. The lowest BCUT2D eigenvalue weighted by Gasteiger charge is -2.17. The van der Waals surface area contributed by atoms with Gasteiger partial charge in [0, 0.05) is 23.2 Å². The Kier molecular flexibility index (Phi) is 6.22. The molecule has 1 amide bonds. The highest BCUT2D eigenvalue weighted by molar-refractivity contribution is 5.98. The number of carbonyl (C=O) groups is 2. The molecule has 3 aromatic carbocycles. The summed E-state index contributed by atoms with van der Waals surface area (Å²) in [5, 5.41) is 2.95. The summed E-state index contributed by atoms with van der Waals surface area (Å²) >= 11 is 0. The Bertz CT molecular complexity index is 949. The number of rotatable bonds is 7. The zero-order valence-corrected chi connectivity index (χ0v) is 16.0. The van der Waals surface area contributed by atoms with Crippen LogP contribution >= 0.6 is 0 Å². The first-order valence-corrected chi connectivity index (χ1v) is 9.33. The second-order valence-electron chi connectivity index (χ2n) is 6.46. The summed E-state index contributed by atoms with van der Waals surface area (Å²) in [6.07, 6.45) is -0.226. The molecule has 3 rings (SSSR count). The van der Waals surface area contributed by atoms with E-state index in [4.69, 9.17) is 4.74 Å². The van der Waals surface area contributed by atoms with Crippen LogP contribution < -0.4 is 10.1 Å². The Hall–Kier alpha value is -3.40. The number of hydrogen-bond acceptors (Lipinski definition) is 3. The van der Waals surface area contributed by atoms with Gasteiger partial charge in [0.1, 0.15) is 5.75 Å². The minimum atomic E-state index is -0.684. The van der Waals surface area contributed by atoms with Gasteiger partial charge in [-0.2, -0.15) is 0 Å². The summed E-state index contributed by atoms with van der Waals surface area (Å²) in [6, 6.07) is 24.4. The molecule has 142 valence electrons. The van der Waals surface area contributed by atoms with Gasteiger partial charge in [-0.15, -0.1) is 0 Å².